The minimum Gasteiger partial charge on any atom is -0.508 e. The minimum absolute atomic E-state index is 0.0221. The van der Waals surface area contributed by atoms with Crippen molar-refractivity contribution in [2.24, 2.45) is 0 Å². The van der Waals surface area contributed by atoms with Gasteiger partial charge in [-0.1, -0.05) is 12.1 Å². The van der Waals surface area contributed by atoms with E-state index in [1.807, 2.05) is 0 Å². The molecule has 152 valence electrons. The number of aromatic hydroxyl groups is 1. The topological polar surface area (TPSA) is 110 Å². The summed E-state index contributed by atoms with van der Waals surface area (Å²) < 4.78 is 13.2. The zero-order valence-corrected chi connectivity index (χ0v) is 15.5. The van der Waals surface area contributed by atoms with Crippen LogP contribution in [0.1, 0.15) is 17.2 Å². The second-order valence-electron chi connectivity index (χ2n) is 6.56. The fraction of sp³-hybridized carbons (Fsp3) is 0.238. The number of halogens is 1. The number of likely N-dealkylation sites (tertiary alicyclic amines) is 1. The molecule has 2 aromatic carbocycles. The number of phenolic OH excluding ortho intramolecular Hbond substituents is 1. The van der Waals surface area contributed by atoms with Gasteiger partial charge in [-0.15, -0.1) is 0 Å². The van der Waals surface area contributed by atoms with Crippen molar-refractivity contribution in [2.45, 2.75) is 6.04 Å². The Balaban J connectivity index is 2.05. The second-order valence-corrected chi connectivity index (χ2v) is 6.56. The van der Waals surface area contributed by atoms with E-state index in [0.29, 0.717) is 18.7 Å². The molecule has 0 radical (unpaired) electrons. The zero-order valence-electron chi connectivity index (χ0n) is 15.5. The number of aliphatic hydroxyl groups excluding tert-OH is 2. The summed E-state index contributed by atoms with van der Waals surface area (Å²) >= 11 is 0. The number of nitrogens with one attached hydrogen (secondary N) is 1. The predicted octanol–water partition coefficient (Wildman–Crippen LogP) is 1.53. The number of aliphatic hydroxyl groups is 2. The molecule has 1 amide bonds. The molecule has 0 saturated carbocycles. The van der Waals surface area contributed by atoms with Gasteiger partial charge < -0.3 is 25.5 Å². The highest BCUT2D eigenvalue weighted by molar-refractivity contribution is 6.46. The maximum absolute atomic E-state index is 13.2. The van der Waals surface area contributed by atoms with Crippen molar-refractivity contribution in [3.63, 3.8) is 0 Å². The third-order valence-electron chi connectivity index (χ3n) is 4.68. The van der Waals surface area contributed by atoms with Crippen molar-refractivity contribution in [1.82, 2.24) is 10.2 Å². The van der Waals surface area contributed by atoms with Crippen LogP contribution < -0.4 is 5.32 Å². The Morgan fingerprint density at radius 1 is 1.03 bits per heavy atom. The molecule has 8 heteroatoms. The van der Waals surface area contributed by atoms with Crippen molar-refractivity contribution < 1.29 is 29.3 Å². The maximum Gasteiger partial charge on any atom is 0.295 e. The number of benzene rings is 2. The van der Waals surface area contributed by atoms with Crippen LogP contribution in [0.3, 0.4) is 0 Å². The van der Waals surface area contributed by atoms with Crippen LogP contribution in [0.25, 0.3) is 5.76 Å². The summed E-state index contributed by atoms with van der Waals surface area (Å²) in [7, 11) is 0. The molecular weight excluding hydrogens is 379 g/mol. The number of ketones is 1. The van der Waals surface area contributed by atoms with Gasteiger partial charge in [0.05, 0.1) is 18.2 Å². The average Bonchev–Trinajstić information content (AvgIpc) is 2.96. The van der Waals surface area contributed by atoms with Crippen LogP contribution in [0.4, 0.5) is 4.39 Å². The highest BCUT2D eigenvalue weighted by Crippen LogP contribution is 2.39. The van der Waals surface area contributed by atoms with Crippen LogP contribution in [0, 0.1) is 5.82 Å². The number of carbonyl (C=O) groups excluding carboxylic acids is 2. The van der Waals surface area contributed by atoms with Crippen LogP contribution >= 0.6 is 0 Å². The Kier molecular flexibility index (Phi) is 6.26. The average molecular weight is 400 g/mol. The van der Waals surface area contributed by atoms with Crippen LogP contribution in [-0.4, -0.2) is 58.2 Å². The summed E-state index contributed by atoms with van der Waals surface area (Å²) in [5, 5.41) is 32.2. The third-order valence-corrected chi connectivity index (χ3v) is 4.68. The Morgan fingerprint density at radius 3 is 2.31 bits per heavy atom. The second kappa shape index (κ2) is 8.85. The first-order valence-electron chi connectivity index (χ1n) is 9.09. The summed E-state index contributed by atoms with van der Waals surface area (Å²) in [6.07, 6.45) is 0. The number of nitrogens with zero attached hydrogens (tertiary/aromatic N) is 1. The normalized spacial score (nSPS) is 18.4. The Hall–Kier alpha value is -3.23. The van der Waals surface area contributed by atoms with Gasteiger partial charge in [0.25, 0.3) is 11.7 Å². The molecular formula is C21H21FN2O5. The van der Waals surface area contributed by atoms with Gasteiger partial charge in [0.2, 0.25) is 0 Å². The first-order chi connectivity index (χ1) is 13.9. The van der Waals surface area contributed by atoms with E-state index in [9.17, 15) is 24.2 Å². The van der Waals surface area contributed by atoms with Gasteiger partial charge in [0, 0.05) is 25.2 Å². The van der Waals surface area contributed by atoms with Crippen molar-refractivity contribution in [3.8, 4) is 5.75 Å². The number of rotatable bonds is 7. The molecule has 1 aliphatic heterocycles. The lowest BCUT2D eigenvalue weighted by Gasteiger charge is -2.25. The first kappa shape index (κ1) is 20.5. The van der Waals surface area contributed by atoms with Crippen molar-refractivity contribution in [1.29, 1.82) is 0 Å². The molecule has 1 aliphatic rings. The molecule has 1 atom stereocenters. The number of hydrogen-bond donors (Lipinski definition) is 4. The summed E-state index contributed by atoms with van der Waals surface area (Å²) in [6.45, 7) is 0.767. The molecule has 0 aliphatic carbocycles. The number of hydrogen-bond acceptors (Lipinski definition) is 6. The Morgan fingerprint density at radius 2 is 1.69 bits per heavy atom. The van der Waals surface area contributed by atoms with E-state index in [0.717, 1.165) is 12.1 Å². The lowest BCUT2D eigenvalue weighted by molar-refractivity contribution is -0.139. The summed E-state index contributed by atoms with van der Waals surface area (Å²) in [5.41, 5.74) is 0.647. The molecule has 3 rings (SSSR count). The van der Waals surface area contributed by atoms with E-state index >= 15 is 0 Å². The largest absolute Gasteiger partial charge is 0.508 e. The Bertz CT molecular complexity index is 925. The van der Waals surface area contributed by atoms with E-state index in [1.165, 1.54) is 29.2 Å². The van der Waals surface area contributed by atoms with Gasteiger partial charge in [-0.2, -0.15) is 0 Å². The molecule has 0 spiro atoms. The summed E-state index contributed by atoms with van der Waals surface area (Å²) in [5.74, 6) is -2.47. The smallest absolute Gasteiger partial charge is 0.295 e. The van der Waals surface area contributed by atoms with Crippen LogP contribution in [-0.2, 0) is 9.59 Å². The van der Waals surface area contributed by atoms with Gasteiger partial charge in [-0.05, 0) is 42.0 Å². The number of phenols is 1. The summed E-state index contributed by atoms with van der Waals surface area (Å²) in [6, 6.07) is 10.1. The van der Waals surface area contributed by atoms with Crippen molar-refractivity contribution in [2.75, 3.05) is 26.2 Å². The monoisotopic (exact) mass is 400 g/mol. The SMILES string of the molecule is O=C1C(=O)N(CCNCCO)C(c2ccc(O)cc2)C1=C(O)c1ccc(F)cc1. The molecule has 1 unspecified atom stereocenters. The molecule has 0 aromatic heterocycles. The first-order valence-corrected chi connectivity index (χ1v) is 9.09. The van der Waals surface area contributed by atoms with E-state index in [1.54, 1.807) is 12.1 Å². The number of Topliss-reactive ketones (excluding diaryl/α,β-unsaturated/α-hetero) is 1. The molecule has 1 fully saturated rings. The van der Waals surface area contributed by atoms with Crippen LogP contribution in [0.2, 0.25) is 0 Å². The maximum atomic E-state index is 13.2. The highest BCUT2D eigenvalue weighted by Gasteiger charge is 2.45. The zero-order chi connectivity index (χ0) is 21.0. The Labute approximate surface area is 166 Å². The summed E-state index contributed by atoms with van der Waals surface area (Å²) in [4.78, 5) is 26.7. The minimum atomic E-state index is -0.864. The predicted molar refractivity (Wildman–Crippen MR) is 103 cm³/mol. The molecule has 7 nitrogen and oxygen atoms in total. The fourth-order valence-corrected chi connectivity index (χ4v) is 3.28. The standard InChI is InChI=1S/C21H21FN2O5/c22-15-5-1-14(2-6-15)19(27)17-18(13-3-7-16(26)8-4-13)24(21(29)20(17)28)11-9-23-10-12-25/h1-8,18,23,25-27H,9-12H2. The van der Waals surface area contributed by atoms with E-state index in [-0.39, 0.29) is 30.0 Å². The van der Waals surface area contributed by atoms with Crippen molar-refractivity contribution >= 4 is 17.4 Å². The number of carbonyl (C=O) groups is 2. The highest BCUT2D eigenvalue weighted by atomic mass is 19.1. The van der Waals surface area contributed by atoms with Gasteiger partial charge in [0.15, 0.2) is 0 Å². The van der Waals surface area contributed by atoms with E-state index in [4.69, 9.17) is 5.11 Å². The third kappa shape index (κ3) is 4.28. The lowest BCUT2D eigenvalue weighted by Crippen LogP contribution is -2.36. The van der Waals surface area contributed by atoms with Gasteiger partial charge >= 0.3 is 0 Å². The van der Waals surface area contributed by atoms with E-state index < -0.39 is 29.3 Å². The lowest BCUT2D eigenvalue weighted by atomic mass is 9.95. The van der Waals surface area contributed by atoms with Crippen molar-refractivity contribution in [3.05, 3.63) is 71.0 Å². The molecule has 2 aromatic rings. The van der Waals surface area contributed by atoms with Crippen LogP contribution in [0.15, 0.2) is 54.1 Å². The van der Waals surface area contributed by atoms with E-state index in [2.05, 4.69) is 5.32 Å². The molecule has 29 heavy (non-hydrogen) atoms. The molecule has 0 bridgehead atoms. The fourth-order valence-electron chi connectivity index (χ4n) is 3.28. The number of amides is 1. The quantitative estimate of drug-likeness (QED) is 0.243. The van der Waals surface area contributed by atoms with Gasteiger partial charge in [-0.25, -0.2) is 4.39 Å². The molecule has 4 N–H and O–H groups in total. The molecule has 1 heterocycles. The van der Waals surface area contributed by atoms with Crippen LogP contribution in [0.5, 0.6) is 5.75 Å². The molecule has 1 saturated heterocycles. The van der Waals surface area contributed by atoms with Gasteiger partial charge in [-0.3, -0.25) is 9.59 Å². The van der Waals surface area contributed by atoms with Gasteiger partial charge in [0.1, 0.15) is 17.3 Å².